The first-order valence-electron chi connectivity index (χ1n) is 9.26. The molecule has 2 aromatic carbocycles. The van der Waals surface area contributed by atoms with E-state index in [0.29, 0.717) is 12.7 Å². The van der Waals surface area contributed by atoms with Crippen LogP contribution in [0.5, 0.6) is 5.75 Å². The molecule has 0 aliphatic carbocycles. The maximum Gasteiger partial charge on any atom is 0.272 e. The minimum absolute atomic E-state index is 0. The molecule has 1 aromatic heterocycles. The molecule has 0 bridgehead atoms. The number of halogens is 2. The van der Waals surface area contributed by atoms with E-state index in [2.05, 4.69) is 10.6 Å². The summed E-state index contributed by atoms with van der Waals surface area (Å²) in [6, 6.07) is 5.38. The molecule has 1 amide bonds. The molecule has 8 nitrogen and oxygen atoms in total. The second-order valence-corrected chi connectivity index (χ2v) is 7.42. The van der Waals surface area contributed by atoms with Crippen LogP contribution in [-0.2, 0) is 0 Å². The highest BCUT2D eigenvalue weighted by Gasteiger charge is 2.40. The predicted octanol–water partition coefficient (Wildman–Crippen LogP) is 3.78. The summed E-state index contributed by atoms with van der Waals surface area (Å²) in [5.41, 5.74) is -2.66. The van der Waals surface area contributed by atoms with Gasteiger partial charge in [0.2, 0.25) is 0 Å². The zero-order chi connectivity index (χ0) is 23.1. The molecule has 1 heterocycles. The number of aryl methyl sites for hydroxylation is 1. The largest absolute Gasteiger partial charge is 0.505 e. The first-order valence-corrected chi connectivity index (χ1v) is 9.26. The first-order chi connectivity index (χ1) is 14.4. The number of rotatable bonds is 7. The van der Waals surface area contributed by atoms with Crippen LogP contribution in [0, 0.1) is 6.92 Å². The van der Waals surface area contributed by atoms with E-state index in [4.69, 9.17) is 4.42 Å². The number of nitrogens with zero attached hydrogens (tertiary/aromatic N) is 1. The van der Waals surface area contributed by atoms with Gasteiger partial charge in [-0.15, -0.1) is 0 Å². The Kier molecular flexibility index (Phi) is 6.77. The van der Waals surface area contributed by atoms with Crippen molar-refractivity contribution in [1.29, 1.82) is 0 Å². The highest BCUT2D eigenvalue weighted by molar-refractivity contribution is 5.99. The molecule has 0 aliphatic rings. The van der Waals surface area contributed by atoms with E-state index >= 15 is 0 Å². The summed E-state index contributed by atoms with van der Waals surface area (Å²) >= 11 is 0. The van der Waals surface area contributed by atoms with Gasteiger partial charge in [-0.25, -0.2) is 8.78 Å². The zero-order valence-corrected chi connectivity index (χ0v) is 17.2. The average Bonchev–Trinajstić information content (AvgIpc) is 3.12. The Labute approximate surface area is 183 Å². The molecule has 3 aromatic rings. The van der Waals surface area contributed by atoms with E-state index in [-0.39, 0.29) is 35.8 Å². The molecule has 172 valence electrons. The SMILES string of the molecule is C.Cc1ccc([C@H](Nc2c(Nc3cccc(C(=O)N(C)C)c3O)c(=O)c2=O)C(C)(F)F)o1. The minimum atomic E-state index is -3.33. The maximum absolute atomic E-state index is 14.2. The van der Waals surface area contributed by atoms with Crippen LogP contribution < -0.4 is 21.5 Å². The van der Waals surface area contributed by atoms with Crippen molar-refractivity contribution >= 4 is 23.0 Å². The number of phenols is 1. The highest BCUT2D eigenvalue weighted by Crippen LogP contribution is 2.37. The third kappa shape index (κ3) is 4.48. The molecule has 0 spiro atoms. The van der Waals surface area contributed by atoms with Crippen LogP contribution in [0.25, 0.3) is 0 Å². The lowest BCUT2D eigenvalue weighted by atomic mass is 10.1. The van der Waals surface area contributed by atoms with E-state index in [1.165, 1.54) is 49.3 Å². The lowest BCUT2D eigenvalue weighted by Gasteiger charge is -2.26. The number of para-hydroxylation sites is 1. The smallest absolute Gasteiger partial charge is 0.272 e. The number of alkyl halides is 2. The van der Waals surface area contributed by atoms with Gasteiger partial charge >= 0.3 is 0 Å². The van der Waals surface area contributed by atoms with Crippen molar-refractivity contribution in [2.45, 2.75) is 33.2 Å². The quantitative estimate of drug-likeness (QED) is 0.372. The maximum atomic E-state index is 14.2. The van der Waals surface area contributed by atoms with Gasteiger partial charge in [0.05, 0.1) is 11.3 Å². The molecule has 0 saturated heterocycles. The van der Waals surface area contributed by atoms with Crippen LogP contribution >= 0.6 is 0 Å². The predicted molar refractivity (Wildman–Crippen MR) is 118 cm³/mol. The minimum Gasteiger partial charge on any atom is -0.505 e. The summed E-state index contributed by atoms with van der Waals surface area (Å²) in [7, 11) is 3.00. The molecule has 32 heavy (non-hydrogen) atoms. The van der Waals surface area contributed by atoms with Crippen LogP contribution in [0.4, 0.5) is 25.8 Å². The highest BCUT2D eigenvalue weighted by atomic mass is 19.3. The Morgan fingerprint density at radius 2 is 1.75 bits per heavy atom. The monoisotopic (exact) mass is 449 g/mol. The molecule has 0 saturated carbocycles. The van der Waals surface area contributed by atoms with E-state index < -0.39 is 34.5 Å². The van der Waals surface area contributed by atoms with E-state index in [9.17, 15) is 28.3 Å². The van der Waals surface area contributed by atoms with Crippen molar-refractivity contribution in [2.24, 2.45) is 0 Å². The fraction of sp³-hybridized carbons (Fsp3) is 0.318. The molecule has 3 N–H and O–H groups in total. The van der Waals surface area contributed by atoms with Crippen LogP contribution in [0.15, 0.2) is 44.3 Å². The van der Waals surface area contributed by atoms with Gasteiger partial charge in [-0.1, -0.05) is 13.5 Å². The van der Waals surface area contributed by atoms with Crippen LogP contribution in [-0.4, -0.2) is 35.9 Å². The number of carbonyl (C=O) groups excluding carboxylic acids is 1. The Morgan fingerprint density at radius 3 is 2.28 bits per heavy atom. The van der Waals surface area contributed by atoms with Gasteiger partial charge in [0, 0.05) is 21.0 Å². The topological polar surface area (TPSA) is 112 Å². The molecule has 10 heteroatoms. The zero-order valence-electron chi connectivity index (χ0n) is 17.2. The number of furan rings is 1. The third-order valence-corrected chi connectivity index (χ3v) is 4.68. The van der Waals surface area contributed by atoms with Gasteiger partial charge in [-0.05, 0) is 31.2 Å². The summed E-state index contributed by atoms with van der Waals surface area (Å²) in [6.07, 6.45) is 0. The van der Waals surface area contributed by atoms with E-state index in [1.54, 1.807) is 6.92 Å². The van der Waals surface area contributed by atoms with Crippen LogP contribution in [0.3, 0.4) is 0 Å². The Hall–Kier alpha value is -3.69. The second kappa shape index (κ2) is 8.81. The molecule has 3 rings (SSSR count). The normalized spacial score (nSPS) is 12.2. The fourth-order valence-corrected chi connectivity index (χ4v) is 3.04. The number of carbonyl (C=O) groups is 1. The van der Waals surface area contributed by atoms with Gasteiger partial charge in [-0.2, -0.15) is 0 Å². The Morgan fingerprint density at radius 1 is 1.12 bits per heavy atom. The fourth-order valence-electron chi connectivity index (χ4n) is 3.04. The number of hydrogen-bond acceptors (Lipinski definition) is 7. The van der Waals surface area contributed by atoms with Crippen molar-refractivity contribution < 1.29 is 23.1 Å². The summed E-state index contributed by atoms with van der Waals surface area (Å²) < 4.78 is 33.7. The summed E-state index contributed by atoms with van der Waals surface area (Å²) in [6.45, 7) is 2.24. The van der Waals surface area contributed by atoms with Crippen molar-refractivity contribution in [3.05, 3.63) is 67.9 Å². The summed E-state index contributed by atoms with van der Waals surface area (Å²) in [4.78, 5) is 37.6. The second-order valence-electron chi connectivity index (χ2n) is 7.42. The van der Waals surface area contributed by atoms with Crippen molar-refractivity contribution in [3.8, 4) is 5.75 Å². The van der Waals surface area contributed by atoms with Gasteiger partial charge in [0.15, 0.2) is 5.75 Å². The lowest BCUT2D eigenvalue weighted by molar-refractivity contribution is -0.00541. The van der Waals surface area contributed by atoms with E-state index in [0.717, 1.165) is 0 Å². The standard InChI is InChI=1S/C21H21F2N3O5.CH4/c1-10-8-9-13(31-10)19(21(2,22)23)25-15-14(17(28)18(15)29)24-12-7-5-6-11(16(12)27)20(30)26(3)4;/h5-9,19,24-25,27H,1-4H3;1H4/t19-;/m0./s1. The van der Waals surface area contributed by atoms with Gasteiger partial charge < -0.3 is 25.1 Å². The number of hydrogen-bond donors (Lipinski definition) is 3. The molecule has 0 unspecified atom stereocenters. The number of nitrogens with one attached hydrogen (secondary N) is 2. The van der Waals surface area contributed by atoms with Gasteiger partial charge in [0.25, 0.3) is 22.7 Å². The summed E-state index contributed by atoms with van der Waals surface area (Å²) in [5.74, 6) is -3.96. The number of phenolic OH excluding ortho intramolecular Hbond substituents is 1. The van der Waals surface area contributed by atoms with Crippen LogP contribution in [0.1, 0.15) is 42.3 Å². The Balaban J connectivity index is 0.00000363. The average molecular weight is 449 g/mol. The van der Waals surface area contributed by atoms with Crippen molar-refractivity contribution in [3.63, 3.8) is 0 Å². The van der Waals surface area contributed by atoms with Crippen molar-refractivity contribution in [2.75, 3.05) is 24.7 Å². The van der Waals surface area contributed by atoms with Gasteiger partial charge in [-0.3, -0.25) is 14.4 Å². The summed E-state index contributed by atoms with van der Waals surface area (Å²) in [5, 5.41) is 15.4. The molecule has 0 radical (unpaired) electrons. The number of aromatic hydroxyl groups is 1. The van der Waals surface area contributed by atoms with Gasteiger partial charge in [0.1, 0.15) is 28.9 Å². The van der Waals surface area contributed by atoms with E-state index in [1.807, 2.05) is 0 Å². The molecule has 1 atom stereocenters. The molecular formula is C22H25F2N3O5. The molecule has 0 fully saturated rings. The van der Waals surface area contributed by atoms with Crippen molar-refractivity contribution in [1.82, 2.24) is 4.90 Å². The Bertz CT molecular complexity index is 1200. The third-order valence-electron chi connectivity index (χ3n) is 4.68. The molecular weight excluding hydrogens is 424 g/mol. The van der Waals surface area contributed by atoms with Crippen LogP contribution in [0.2, 0.25) is 0 Å². The molecule has 0 aliphatic heterocycles. The first kappa shape index (κ1) is 24.6. The number of benzene rings is 1. The number of amides is 1. The number of anilines is 3. The lowest BCUT2D eigenvalue weighted by Crippen LogP contribution is -2.40.